The molecule has 1 aromatic heterocycles. The summed E-state index contributed by atoms with van der Waals surface area (Å²) in [6.45, 7) is 2.56. The van der Waals surface area contributed by atoms with Crippen LogP contribution in [0.2, 0.25) is 0 Å². The van der Waals surface area contributed by atoms with E-state index >= 15 is 0 Å². The van der Waals surface area contributed by atoms with Crippen molar-refractivity contribution >= 4 is 11.7 Å². The van der Waals surface area contributed by atoms with Crippen molar-refractivity contribution in [1.82, 2.24) is 14.9 Å². The third-order valence-electron chi connectivity index (χ3n) is 3.83. The predicted octanol–water partition coefficient (Wildman–Crippen LogP) is 1.40. The number of hydrogen-bond donors (Lipinski definition) is 1. The zero-order chi connectivity index (χ0) is 17.3. The highest BCUT2D eigenvalue weighted by Crippen LogP contribution is 2.35. The fraction of sp³-hybridized carbons (Fsp3) is 0.235. The number of benzene rings is 1. The van der Waals surface area contributed by atoms with Crippen LogP contribution in [-0.4, -0.2) is 40.0 Å². The first-order chi connectivity index (χ1) is 11.5. The van der Waals surface area contributed by atoms with Crippen LogP contribution in [0.5, 0.6) is 5.75 Å². The maximum absolute atomic E-state index is 13.6. The minimum absolute atomic E-state index is 0.158. The minimum atomic E-state index is -0.381. The molecule has 0 spiro atoms. The number of hydrogen-bond acceptors (Lipinski definition) is 5. The summed E-state index contributed by atoms with van der Waals surface area (Å²) in [7, 11) is 0. The smallest absolute Gasteiger partial charge is 0.298 e. The normalized spacial score (nSPS) is 14.0. The number of nitrogen functional groups attached to an aromatic ring is 1. The van der Waals surface area contributed by atoms with Crippen molar-refractivity contribution in [2.75, 3.05) is 18.8 Å². The third kappa shape index (κ3) is 2.86. The lowest BCUT2D eigenvalue weighted by atomic mass is 10.0. The van der Waals surface area contributed by atoms with Gasteiger partial charge in [-0.1, -0.05) is 6.07 Å². The molecule has 1 fully saturated rings. The van der Waals surface area contributed by atoms with Gasteiger partial charge in [-0.25, -0.2) is 14.4 Å². The number of nitrogens with zero attached hydrogens (tertiary/aromatic N) is 3. The fourth-order valence-electron chi connectivity index (χ4n) is 2.48. The molecule has 0 radical (unpaired) electrons. The van der Waals surface area contributed by atoms with E-state index in [0.29, 0.717) is 24.3 Å². The van der Waals surface area contributed by atoms with Gasteiger partial charge in [-0.2, -0.15) is 0 Å². The SMILES string of the molecule is C#CC(=O)N1CC(Oc2c(N)ncnc2-c2cc(F)ccc2C)C1. The highest BCUT2D eigenvalue weighted by Gasteiger charge is 2.33. The summed E-state index contributed by atoms with van der Waals surface area (Å²) in [6, 6.07) is 4.40. The number of carbonyl (C=O) groups excluding carboxylic acids is 1. The van der Waals surface area contributed by atoms with Crippen LogP contribution in [0.25, 0.3) is 11.3 Å². The van der Waals surface area contributed by atoms with E-state index < -0.39 is 0 Å². The Balaban J connectivity index is 1.88. The monoisotopic (exact) mass is 326 g/mol. The van der Waals surface area contributed by atoms with Crippen molar-refractivity contribution < 1.29 is 13.9 Å². The van der Waals surface area contributed by atoms with Crippen molar-refractivity contribution in [1.29, 1.82) is 0 Å². The van der Waals surface area contributed by atoms with Gasteiger partial charge in [-0.3, -0.25) is 4.79 Å². The quantitative estimate of drug-likeness (QED) is 0.862. The van der Waals surface area contributed by atoms with Crippen LogP contribution in [-0.2, 0) is 4.79 Å². The lowest BCUT2D eigenvalue weighted by molar-refractivity contribution is -0.133. The summed E-state index contributed by atoms with van der Waals surface area (Å²) in [5, 5.41) is 0. The van der Waals surface area contributed by atoms with Gasteiger partial charge >= 0.3 is 0 Å². The maximum atomic E-state index is 13.6. The lowest BCUT2D eigenvalue weighted by Crippen LogP contribution is -2.55. The Hall–Kier alpha value is -3.14. The Labute approximate surface area is 138 Å². The molecular formula is C17H15FN4O2. The van der Waals surface area contributed by atoms with Crippen molar-refractivity contribution in [2.24, 2.45) is 0 Å². The van der Waals surface area contributed by atoms with Gasteiger partial charge in [0.05, 0.1) is 13.1 Å². The average molecular weight is 326 g/mol. The summed E-state index contributed by atoms with van der Waals surface area (Å²) in [5.74, 6) is 1.73. The van der Waals surface area contributed by atoms with Gasteiger partial charge in [0.25, 0.3) is 5.91 Å². The molecule has 1 saturated heterocycles. The van der Waals surface area contributed by atoms with Crippen LogP contribution in [0.4, 0.5) is 10.2 Å². The number of carbonyl (C=O) groups is 1. The molecule has 0 saturated carbocycles. The molecule has 0 bridgehead atoms. The molecule has 2 aromatic rings. The number of terminal acetylenes is 1. The number of amides is 1. The van der Waals surface area contributed by atoms with Gasteiger partial charge in [-0.05, 0) is 30.5 Å². The number of halogens is 1. The Morgan fingerprint density at radius 2 is 2.21 bits per heavy atom. The van der Waals surface area contributed by atoms with E-state index in [1.165, 1.54) is 23.4 Å². The lowest BCUT2D eigenvalue weighted by Gasteiger charge is -2.38. The molecule has 122 valence electrons. The fourth-order valence-corrected chi connectivity index (χ4v) is 2.48. The number of aromatic nitrogens is 2. The summed E-state index contributed by atoms with van der Waals surface area (Å²) in [4.78, 5) is 21.0. The van der Waals surface area contributed by atoms with E-state index in [1.807, 2.05) is 6.92 Å². The second-order valence-corrected chi connectivity index (χ2v) is 5.49. The maximum Gasteiger partial charge on any atom is 0.298 e. The molecule has 1 aromatic carbocycles. The number of likely N-dealkylation sites (tertiary alicyclic amines) is 1. The number of ether oxygens (including phenoxy) is 1. The van der Waals surface area contributed by atoms with E-state index in [1.54, 1.807) is 6.07 Å². The summed E-state index contributed by atoms with van der Waals surface area (Å²) < 4.78 is 19.5. The first kappa shape index (κ1) is 15.7. The molecule has 3 rings (SSSR count). The number of aryl methyl sites for hydroxylation is 1. The summed E-state index contributed by atoms with van der Waals surface area (Å²) in [6.07, 6.45) is 6.12. The zero-order valence-corrected chi connectivity index (χ0v) is 13.0. The standard InChI is InChI=1S/C17H15FN4O2/c1-3-14(23)22-7-12(8-22)24-16-15(20-9-21-17(16)19)13-6-11(18)5-4-10(13)2/h1,4-6,9,12H,7-8H2,2H3,(H2,19,20,21). The van der Waals surface area contributed by atoms with E-state index in [0.717, 1.165) is 5.56 Å². The number of anilines is 1. The molecule has 1 amide bonds. The summed E-state index contributed by atoms with van der Waals surface area (Å²) in [5.41, 5.74) is 7.74. The third-order valence-corrected chi connectivity index (χ3v) is 3.83. The average Bonchev–Trinajstić information content (AvgIpc) is 2.53. The van der Waals surface area contributed by atoms with E-state index in [-0.39, 0.29) is 29.4 Å². The second kappa shape index (κ2) is 6.16. The van der Waals surface area contributed by atoms with Crippen LogP contribution in [0, 0.1) is 25.1 Å². The number of nitrogens with two attached hydrogens (primary N) is 1. The molecule has 2 heterocycles. The van der Waals surface area contributed by atoms with Gasteiger partial charge in [0.15, 0.2) is 11.6 Å². The van der Waals surface area contributed by atoms with Crippen LogP contribution in [0.3, 0.4) is 0 Å². The van der Waals surface area contributed by atoms with Crippen LogP contribution < -0.4 is 10.5 Å². The number of rotatable bonds is 3. The molecular weight excluding hydrogens is 311 g/mol. The Morgan fingerprint density at radius 1 is 1.46 bits per heavy atom. The Morgan fingerprint density at radius 3 is 2.92 bits per heavy atom. The van der Waals surface area contributed by atoms with Crippen molar-refractivity contribution in [3.05, 3.63) is 35.9 Å². The zero-order valence-electron chi connectivity index (χ0n) is 13.0. The van der Waals surface area contributed by atoms with Gasteiger partial charge in [0, 0.05) is 5.56 Å². The van der Waals surface area contributed by atoms with Crippen LogP contribution >= 0.6 is 0 Å². The Bertz CT molecular complexity index is 841. The van der Waals surface area contributed by atoms with Crippen LogP contribution in [0.1, 0.15) is 5.56 Å². The second-order valence-electron chi connectivity index (χ2n) is 5.49. The van der Waals surface area contributed by atoms with Gasteiger partial charge < -0.3 is 15.4 Å². The molecule has 24 heavy (non-hydrogen) atoms. The van der Waals surface area contributed by atoms with Crippen molar-refractivity contribution in [3.8, 4) is 29.4 Å². The molecule has 0 unspecified atom stereocenters. The highest BCUT2D eigenvalue weighted by molar-refractivity contribution is 5.93. The first-order valence-electron chi connectivity index (χ1n) is 7.28. The van der Waals surface area contributed by atoms with E-state index in [9.17, 15) is 9.18 Å². The molecule has 7 heteroatoms. The Kier molecular flexibility index (Phi) is 4.04. The molecule has 1 aliphatic heterocycles. The van der Waals surface area contributed by atoms with Gasteiger partial charge in [-0.15, -0.1) is 6.42 Å². The molecule has 1 aliphatic rings. The first-order valence-corrected chi connectivity index (χ1v) is 7.28. The minimum Gasteiger partial charge on any atom is -0.481 e. The van der Waals surface area contributed by atoms with Gasteiger partial charge in [0.2, 0.25) is 0 Å². The van der Waals surface area contributed by atoms with E-state index in [2.05, 4.69) is 15.9 Å². The van der Waals surface area contributed by atoms with Crippen molar-refractivity contribution in [2.45, 2.75) is 13.0 Å². The molecule has 0 aliphatic carbocycles. The predicted molar refractivity (Wildman–Crippen MR) is 86.4 cm³/mol. The highest BCUT2D eigenvalue weighted by atomic mass is 19.1. The van der Waals surface area contributed by atoms with Crippen LogP contribution in [0.15, 0.2) is 24.5 Å². The molecule has 6 nitrogen and oxygen atoms in total. The molecule has 0 atom stereocenters. The largest absolute Gasteiger partial charge is 0.481 e. The molecule has 2 N–H and O–H groups in total. The van der Waals surface area contributed by atoms with Gasteiger partial charge in [0.1, 0.15) is 23.9 Å². The topological polar surface area (TPSA) is 81.3 Å². The van der Waals surface area contributed by atoms with Crippen molar-refractivity contribution in [3.63, 3.8) is 0 Å². The summed E-state index contributed by atoms with van der Waals surface area (Å²) >= 11 is 0. The van der Waals surface area contributed by atoms with E-state index in [4.69, 9.17) is 16.9 Å².